The van der Waals surface area contributed by atoms with E-state index >= 15 is 0 Å². The standard InChI is InChI=1S/C15H15NO/c1-12-4-9-15(16-11-12)14-7-5-13(6-8-14)3-2-10-17/h4-11H,2-3H2,1H3. The third-order valence-electron chi connectivity index (χ3n) is 2.71. The number of aldehydes is 1. The van der Waals surface area contributed by atoms with E-state index in [0.717, 1.165) is 29.5 Å². The van der Waals surface area contributed by atoms with Gasteiger partial charge in [-0.05, 0) is 30.5 Å². The van der Waals surface area contributed by atoms with E-state index in [-0.39, 0.29) is 0 Å². The molecule has 0 N–H and O–H groups in total. The van der Waals surface area contributed by atoms with Crippen LogP contribution < -0.4 is 0 Å². The first-order chi connectivity index (χ1) is 8.29. The highest BCUT2D eigenvalue weighted by atomic mass is 16.1. The summed E-state index contributed by atoms with van der Waals surface area (Å²) in [6.45, 7) is 2.03. The highest BCUT2D eigenvalue weighted by molar-refractivity contribution is 5.59. The van der Waals surface area contributed by atoms with Crippen molar-refractivity contribution < 1.29 is 4.79 Å². The quantitative estimate of drug-likeness (QED) is 0.748. The van der Waals surface area contributed by atoms with E-state index in [1.165, 1.54) is 5.56 Å². The van der Waals surface area contributed by atoms with Crippen LogP contribution in [0.5, 0.6) is 0 Å². The van der Waals surface area contributed by atoms with E-state index in [2.05, 4.69) is 35.3 Å². The van der Waals surface area contributed by atoms with Gasteiger partial charge >= 0.3 is 0 Å². The number of carbonyl (C=O) groups is 1. The van der Waals surface area contributed by atoms with Gasteiger partial charge in [0.15, 0.2) is 0 Å². The van der Waals surface area contributed by atoms with Crippen LogP contribution in [0.15, 0.2) is 42.6 Å². The summed E-state index contributed by atoms with van der Waals surface area (Å²) in [6.07, 6.45) is 4.22. The van der Waals surface area contributed by atoms with Crippen LogP contribution in [-0.2, 0) is 11.2 Å². The number of aryl methyl sites for hydroxylation is 2. The number of rotatable bonds is 4. The molecule has 2 aromatic rings. The van der Waals surface area contributed by atoms with Crippen LogP contribution >= 0.6 is 0 Å². The smallest absolute Gasteiger partial charge is 0.120 e. The first-order valence-electron chi connectivity index (χ1n) is 5.75. The predicted octanol–water partition coefficient (Wildman–Crippen LogP) is 3.19. The normalized spacial score (nSPS) is 10.2. The number of aromatic nitrogens is 1. The van der Waals surface area contributed by atoms with Crippen molar-refractivity contribution in [2.75, 3.05) is 0 Å². The minimum absolute atomic E-state index is 0.585. The minimum atomic E-state index is 0.585. The van der Waals surface area contributed by atoms with Crippen molar-refractivity contribution in [3.05, 3.63) is 53.7 Å². The topological polar surface area (TPSA) is 30.0 Å². The van der Waals surface area contributed by atoms with Gasteiger partial charge in [0.05, 0.1) is 5.69 Å². The number of carbonyl (C=O) groups excluding carboxylic acids is 1. The van der Waals surface area contributed by atoms with Crippen LogP contribution in [0, 0.1) is 6.92 Å². The van der Waals surface area contributed by atoms with Crippen LogP contribution in [0.2, 0.25) is 0 Å². The zero-order valence-electron chi connectivity index (χ0n) is 9.89. The number of nitrogens with zero attached hydrogens (tertiary/aromatic N) is 1. The molecule has 0 unspecified atom stereocenters. The fourth-order valence-corrected chi connectivity index (χ4v) is 1.71. The second-order valence-electron chi connectivity index (χ2n) is 4.12. The van der Waals surface area contributed by atoms with Crippen molar-refractivity contribution in [2.45, 2.75) is 19.8 Å². The van der Waals surface area contributed by atoms with Gasteiger partial charge in [-0.25, -0.2) is 0 Å². The van der Waals surface area contributed by atoms with Crippen LogP contribution in [0.1, 0.15) is 17.5 Å². The molecule has 0 radical (unpaired) electrons. The third kappa shape index (κ3) is 3.00. The molecule has 0 aliphatic carbocycles. The largest absolute Gasteiger partial charge is 0.303 e. The monoisotopic (exact) mass is 225 g/mol. The van der Waals surface area contributed by atoms with Crippen molar-refractivity contribution in [1.82, 2.24) is 4.98 Å². The van der Waals surface area contributed by atoms with Crippen molar-refractivity contribution in [3.63, 3.8) is 0 Å². The molecule has 0 amide bonds. The summed E-state index contributed by atoms with van der Waals surface area (Å²) >= 11 is 0. The molecule has 1 aromatic carbocycles. The van der Waals surface area contributed by atoms with Crippen LogP contribution in [-0.4, -0.2) is 11.3 Å². The zero-order chi connectivity index (χ0) is 12.1. The van der Waals surface area contributed by atoms with Crippen molar-refractivity contribution in [3.8, 4) is 11.3 Å². The average Bonchev–Trinajstić information content (AvgIpc) is 2.38. The van der Waals surface area contributed by atoms with Crippen LogP contribution in [0.3, 0.4) is 0 Å². The maximum absolute atomic E-state index is 10.3. The lowest BCUT2D eigenvalue weighted by Gasteiger charge is -2.03. The highest BCUT2D eigenvalue weighted by Crippen LogP contribution is 2.18. The Kier molecular flexibility index (Phi) is 3.66. The van der Waals surface area contributed by atoms with E-state index in [4.69, 9.17) is 0 Å². The SMILES string of the molecule is Cc1ccc(-c2ccc(CCC=O)cc2)nc1. The van der Waals surface area contributed by atoms with Gasteiger partial charge in [0.25, 0.3) is 0 Å². The summed E-state index contributed by atoms with van der Waals surface area (Å²) < 4.78 is 0. The Labute approximate surface area is 101 Å². The lowest BCUT2D eigenvalue weighted by molar-refractivity contribution is -0.107. The molecule has 0 bridgehead atoms. The fourth-order valence-electron chi connectivity index (χ4n) is 1.71. The molecule has 0 saturated heterocycles. The summed E-state index contributed by atoms with van der Waals surface area (Å²) in [4.78, 5) is 14.7. The van der Waals surface area contributed by atoms with Crippen LogP contribution in [0.4, 0.5) is 0 Å². The van der Waals surface area contributed by atoms with Crippen molar-refractivity contribution >= 4 is 6.29 Å². The molecule has 17 heavy (non-hydrogen) atoms. The number of benzene rings is 1. The molecular formula is C15H15NO. The second kappa shape index (κ2) is 5.39. The lowest BCUT2D eigenvalue weighted by Crippen LogP contribution is -1.88. The fraction of sp³-hybridized carbons (Fsp3) is 0.200. The van der Waals surface area contributed by atoms with Gasteiger partial charge in [-0.1, -0.05) is 30.3 Å². The van der Waals surface area contributed by atoms with Gasteiger partial charge in [0, 0.05) is 18.2 Å². The average molecular weight is 225 g/mol. The summed E-state index contributed by atoms with van der Waals surface area (Å²) in [5.41, 5.74) is 4.45. The van der Waals surface area contributed by atoms with Gasteiger partial charge in [0.2, 0.25) is 0 Å². The van der Waals surface area contributed by atoms with Crippen molar-refractivity contribution in [2.24, 2.45) is 0 Å². The molecule has 86 valence electrons. The number of hydrogen-bond donors (Lipinski definition) is 0. The molecule has 0 spiro atoms. The Bertz CT molecular complexity index is 485. The van der Waals surface area contributed by atoms with Gasteiger partial charge in [-0.2, -0.15) is 0 Å². The van der Waals surface area contributed by atoms with Crippen molar-refractivity contribution in [1.29, 1.82) is 0 Å². The predicted molar refractivity (Wildman–Crippen MR) is 68.8 cm³/mol. The molecule has 2 rings (SSSR count). The Morgan fingerprint density at radius 2 is 1.88 bits per heavy atom. The molecule has 2 heteroatoms. The Morgan fingerprint density at radius 1 is 1.12 bits per heavy atom. The maximum Gasteiger partial charge on any atom is 0.120 e. The summed E-state index contributed by atoms with van der Waals surface area (Å²) in [7, 11) is 0. The van der Waals surface area contributed by atoms with E-state index in [9.17, 15) is 4.79 Å². The highest BCUT2D eigenvalue weighted by Gasteiger charge is 1.99. The van der Waals surface area contributed by atoms with E-state index < -0.39 is 0 Å². The molecule has 0 saturated carbocycles. The summed E-state index contributed by atoms with van der Waals surface area (Å²) in [5.74, 6) is 0. The van der Waals surface area contributed by atoms with Gasteiger partial charge < -0.3 is 4.79 Å². The first kappa shape index (κ1) is 11.5. The van der Waals surface area contributed by atoms with E-state index in [0.29, 0.717) is 6.42 Å². The Balaban J connectivity index is 2.17. The third-order valence-corrected chi connectivity index (χ3v) is 2.71. The van der Waals surface area contributed by atoms with E-state index in [1.807, 2.05) is 19.2 Å². The minimum Gasteiger partial charge on any atom is -0.303 e. The molecule has 1 heterocycles. The maximum atomic E-state index is 10.3. The van der Waals surface area contributed by atoms with Gasteiger partial charge in [-0.3, -0.25) is 4.98 Å². The van der Waals surface area contributed by atoms with Crippen LogP contribution in [0.25, 0.3) is 11.3 Å². The number of hydrogen-bond acceptors (Lipinski definition) is 2. The Hall–Kier alpha value is -1.96. The van der Waals surface area contributed by atoms with E-state index in [1.54, 1.807) is 0 Å². The molecule has 0 aliphatic heterocycles. The Morgan fingerprint density at radius 3 is 2.47 bits per heavy atom. The molecule has 2 nitrogen and oxygen atoms in total. The second-order valence-corrected chi connectivity index (χ2v) is 4.12. The summed E-state index contributed by atoms with van der Waals surface area (Å²) in [5, 5.41) is 0. The molecule has 0 fully saturated rings. The molecule has 0 atom stereocenters. The molecular weight excluding hydrogens is 210 g/mol. The van der Waals surface area contributed by atoms with Gasteiger partial charge in [0.1, 0.15) is 6.29 Å². The number of pyridine rings is 1. The molecule has 1 aromatic heterocycles. The zero-order valence-corrected chi connectivity index (χ0v) is 9.89. The lowest BCUT2D eigenvalue weighted by atomic mass is 10.1. The first-order valence-corrected chi connectivity index (χ1v) is 5.75. The molecule has 0 aliphatic rings. The van der Waals surface area contributed by atoms with Gasteiger partial charge in [-0.15, -0.1) is 0 Å². The summed E-state index contributed by atoms with van der Waals surface area (Å²) in [6, 6.07) is 12.3.